The minimum atomic E-state index is 0.435. The molecule has 0 atom stereocenters. The van der Waals surface area contributed by atoms with Crippen LogP contribution in [0, 0.1) is 0 Å². The van der Waals surface area contributed by atoms with E-state index in [1.807, 2.05) is 12.1 Å². The maximum absolute atomic E-state index is 5.65. The second kappa shape index (κ2) is 4.85. The summed E-state index contributed by atoms with van der Waals surface area (Å²) in [7, 11) is 2.10. The molecule has 0 radical (unpaired) electrons. The molecule has 98 valence electrons. The molecule has 1 aromatic carbocycles. The number of rotatable bonds is 2. The summed E-state index contributed by atoms with van der Waals surface area (Å²) in [5, 5.41) is 0. The predicted octanol–water partition coefficient (Wildman–Crippen LogP) is 1.52. The van der Waals surface area contributed by atoms with Gasteiger partial charge in [0.15, 0.2) is 0 Å². The topological polar surface area (TPSA) is 58.3 Å². The number of para-hydroxylation sites is 2. The number of likely N-dealkylation sites (N-methyl/N-ethyl adjacent to an activating group) is 1. The van der Waals surface area contributed by atoms with Gasteiger partial charge in [0.1, 0.15) is 0 Å². The highest BCUT2D eigenvalue weighted by atomic mass is 15.3. The minimum Gasteiger partial charge on any atom is -0.371 e. The number of anilines is 3. The van der Waals surface area contributed by atoms with Crippen molar-refractivity contribution >= 4 is 17.3 Å². The summed E-state index contributed by atoms with van der Waals surface area (Å²) in [6.07, 6.45) is 1.77. The summed E-state index contributed by atoms with van der Waals surface area (Å²) in [6.45, 7) is 2.26. The fourth-order valence-electron chi connectivity index (χ4n) is 2.34. The predicted molar refractivity (Wildman–Crippen MR) is 76.6 cm³/mol. The molecule has 19 heavy (non-hydrogen) atoms. The molecule has 0 amide bonds. The average molecular weight is 255 g/mol. The number of nitrogens with zero attached hydrogens (tertiary/aromatic N) is 4. The van der Waals surface area contributed by atoms with Crippen LogP contribution in [0.1, 0.15) is 5.69 Å². The molecule has 3 rings (SSSR count). The van der Waals surface area contributed by atoms with Gasteiger partial charge in [-0.15, -0.1) is 0 Å². The Morgan fingerprint density at radius 2 is 1.95 bits per heavy atom. The second-order valence-corrected chi connectivity index (χ2v) is 4.61. The van der Waals surface area contributed by atoms with Gasteiger partial charge < -0.3 is 15.5 Å². The number of aromatic nitrogens is 2. The lowest BCUT2D eigenvalue weighted by Crippen LogP contribution is -2.37. The van der Waals surface area contributed by atoms with Crippen LogP contribution in [-0.2, 0) is 6.54 Å². The Hall–Kier alpha value is -2.14. The first-order valence-electron chi connectivity index (χ1n) is 6.39. The molecule has 0 fully saturated rings. The highest BCUT2D eigenvalue weighted by Crippen LogP contribution is 2.35. The standard InChI is InChI=1S/C14H17N5/c1-18-8-9-19(13-5-3-2-4-12(13)18)14-16-7-6-11(10-15)17-14/h2-7H,8-10,15H2,1H3. The smallest absolute Gasteiger partial charge is 0.230 e. The highest BCUT2D eigenvalue weighted by molar-refractivity contribution is 5.77. The van der Waals surface area contributed by atoms with Crippen LogP contribution in [0.25, 0.3) is 0 Å². The van der Waals surface area contributed by atoms with E-state index in [0.29, 0.717) is 6.54 Å². The van der Waals surface area contributed by atoms with Gasteiger partial charge in [-0.1, -0.05) is 12.1 Å². The van der Waals surface area contributed by atoms with Crippen LogP contribution < -0.4 is 15.5 Å². The third-order valence-electron chi connectivity index (χ3n) is 3.39. The van der Waals surface area contributed by atoms with E-state index < -0.39 is 0 Å². The van der Waals surface area contributed by atoms with Crippen molar-refractivity contribution in [2.24, 2.45) is 5.73 Å². The molecular formula is C14H17N5. The quantitative estimate of drug-likeness (QED) is 0.881. The number of fused-ring (bicyclic) bond motifs is 1. The molecule has 2 aromatic rings. The van der Waals surface area contributed by atoms with Crippen LogP contribution in [0.5, 0.6) is 0 Å². The third kappa shape index (κ3) is 2.13. The molecule has 0 saturated heterocycles. The van der Waals surface area contributed by atoms with Gasteiger partial charge in [-0.3, -0.25) is 0 Å². The lowest BCUT2D eigenvalue weighted by Gasteiger charge is -2.35. The number of nitrogens with two attached hydrogens (primary N) is 1. The van der Waals surface area contributed by atoms with E-state index >= 15 is 0 Å². The summed E-state index contributed by atoms with van der Waals surface area (Å²) in [5.41, 5.74) is 8.86. The van der Waals surface area contributed by atoms with Crippen LogP contribution in [0.2, 0.25) is 0 Å². The zero-order valence-corrected chi connectivity index (χ0v) is 11.0. The zero-order valence-electron chi connectivity index (χ0n) is 11.0. The fraction of sp³-hybridized carbons (Fsp3) is 0.286. The Kier molecular flexibility index (Phi) is 3.05. The van der Waals surface area contributed by atoms with Gasteiger partial charge in [-0.2, -0.15) is 0 Å². The first kappa shape index (κ1) is 11.9. The van der Waals surface area contributed by atoms with E-state index in [1.165, 1.54) is 5.69 Å². The molecule has 0 aliphatic carbocycles. The van der Waals surface area contributed by atoms with Gasteiger partial charge >= 0.3 is 0 Å². The molecule has 0 bridgehead atoms. The number of benzene rings is 1. The van der Waals surface area contributed by atoms with Gasteiger partial charge in [0.2, 0.25) is 5.95 Å². The number of hydrogen-bond acceptors (Lipinski definition) is 5. The SMILES string of the molecule is CN1CCN(c2nccc(CN)n2)c2ccccc21. The summed E-state index contributed by atoms with van der Waals surface area (Å²) >= 11 is 0. The molecule has 1 aliphatic rings. The molecule has 0 saturated carbocycles. The van der Waals surface area contributed by atoms with Crippen LogP contribution >= 0.6 is 0 Å². The molecule has 2 N–H and O–H groups in total. The van der Waals surface area contributed by atoms with E-state index in [9.17, 15) is 0 Å². The number of hydrogen-bond donors (Lipinski definition) is 1. The molecule has 1 aliphatic heterocycles. The molecule has 5 heteroatoms. The Morgan fingerprint density at radius 3 is 2.74 bits per heavy atom. The first-order valence-corrected chi connectivity index (χ1v) is 6.39. The second-order valence-electron chi connectivity index (χ2n) is 4.61. The van der Waals surface area contributed by atoms with Gasteiger partial charge in [0, 0.05) is 32.9 Å². The van der Waals surface area contributed by atoms with E-state index in [1.54, 1.807) is 6.20 Å². The minimum absolute atomic E-state index is 0.435. The van der Waals surface area contributed by atoms with Crippen molar-refractivity contribution in [3.63, 3.8) is 0 Å². The Labute approximate surface area is 112 Å². The first-order chi connectivity index (χ1) is 9.29. The van der Waals surface area contributed by atoms with Crippen molar-refractivity contribution in [2.45, 2.75) is 6.54 Å². The summed E-state index contributed by atoms with van der Waals surface area (Å²) in [6, 6.07) is 10.2. The lowest BCUT2D eigenvalue weighted by atomic mass is 10.2. The lowest BCUT2D eigenvalue weighted by molar-refractivity contribution is 0.795. The Balaban J connectivity index is 2.04. The van der Waals surface area contributed by atoms with Crippen LogP contribution in [0.3, 0.4) is 0 Å². The van der Waals surface area contributed by atoms with Crippen molar-refractivity contribution in [2.75, 3.05) is 29.9 Å². The van der Waals surface area contributed by atoms with Crippen LogP contribution in [0.4, 0.5) is 17.3 Å². The van der Waals surface area contributed by atoms with Crippen LogP contribution in [0.15, 0.2) is 36.5 Å². The van der Waals surface area contributed by atoms with E-state index in [2.05, 4.69) is 45.0 Å². The highest BCUT2D eigenvalue weighted by Gasteiger charge is 2.22. The summed E-state index contributed by atoms with van der Waals surface area (Å²) in [5.74, 6) is 0.725. The fourth-order valence-corrected chi connectivity index (χ4v) is 2.34. The zero-order chi connectivity index (χ0) is 13.2. The third-order valence-corrected chi connectivity index (χ3v) is 3.39. The maximum Gasteiger partial charge on any atom is 0.230 e. The molecule has 2 heterocycles. The van der Waals surface area contributed by atoms with Gasteiger partial charge in [-0.25, -0.2) is 9.97 Å². The van der Waals surface area contributed by atoms with Crippen molar-refractivity contribution in [3.05, 3.63) is 42.2 Å². The van der Waals surface area contributed by atoms with Crippen LogP contribution in [-0.4, -0.2) is 30.1 Å². The normalized spacial score (nSPS) is 14.4. The summed E-state index contributed by atoms with van der Waals surface area (Å²) in [4.78, 5) is 13.3. The molecular weight excluding hydrogens is 238 g/mol. The van der Waals surface area contributed by atoms with Gasteiger partial charge in [0.25, 0.3) is 0 Å². The Morgan fingerprint density at radius 1 is 1.16 bits per heavy atom. The Bertz CT molecular complexity index is 584. The van der Waals surface area contributed by atoms with Crippen molar-refractivity contribution in [1.29, 1.82) is 0 Å². The average Bonchev–Trinajstić information content (AvgIpc) is 2.48. The summed E-state index contributed by atoms with van der Waals surface area (Å²) < 4.78 is 0. The van der Waals surface area contributed by atoms with Crippen molar-refractivity contribution in [3.8, 4) is 0 Å². The molecule has 0 unspecified atom stereocenters. The molecule has 5 nitrogen and oxygen atoms in total. The molecule has 0 spiro atoms. The maximum atomic E-state index is 5.65. The van der Waals surface area contributed by atoms with Gasteiger partial charge in [-0.05, 0) is 18.2 Å². The molecule has 1 aromatic heterocycles. The monoisotopic (exact) mass is 255 g/mol. The van der Waals surface area contributed by atoms with Crippen molar-refractivity contribution < 1.29 is 0 Å². The van der Waals surface area contributed by atoms with E-state index in [-0.39, 0.29) is 0 Å². The van der Waals surface area contributed by atoms with Crippen molar-refractivity contribution in [1.82, 2.24) is 9.97 Å². The van der Waals surface area contributed by atoms with Gasteiger partial charge in [0.05, 0.1) is 17.1 Å². The van der Waals surface area contributed by atoms with E-state index in [4.69, 9.17) is 5.73 Å². The van der Waals surface area contributed by atoms with E-state index in [0.717, 1.165) is 30.4 Å². The largest absolute Gasteiger partial charge is 0.371 e.